The van der Waals surface area contributed by atoms with E-state index in [0.29, 0.717) is 19.4 Å². The van der Waals surface area contributed by atoms with E-state index in [1.807, 2.05) is 24.3 Å². The minimum absolute atomic E-state index is 0.0124. The molecule has 24 heavy (non-hydrogen) atoms. The molecule has 0 bridgehead atoms. The van der Waals surface area contributed by atoms with E-state index in [1.54, 1.807) is 19.0 Å². The summed E-state index contributed by atoms with van der Waals surface area (Å²) in [5.74, 6) is 0.123. The van der Waals surface area contributed by atoms with Gasteiger partial charge in [0.1, 0.15) is 0 Å². The van der Waals surface area contributed by atoms with E-state index in [-0.39, 0.29) is 11.8 Å². The van der Waals surface area contributed by atoms with Crippen LogP contribution in [0.1, 0.15) is 38.7 Å². The third-order valence-electron chi connectivity index (χ3n) is 3.78. The molecule has 0 radical (unpaired) electrons. The summed E-state index contributed by atoms with van der Waals surface area (Å²) in [5.41, 5.74) is 1.85. The fourth-order valence-electron chi connectivity index (χ4n) is 2.59. The van der Waals surface area contributed by atoms with E-state index in [1.165, 1.54) is 0 Å². The van der Waals surface area contributed by atoms with Crippen LogP contribution in [-0.4, -0.2) is 55.3 Å². The predicted octanol–water partition coefficient (Wildman–Crippen LogP) is 2.77. The van der Waals surface area contributed by atoms with Gasteiger partial charge in [-0.25, -0.2) is 0 Å². The fraction of sp³-hybridized carbons (Fsp3) is 0.579. The van der Waals surface area contributed by atoms with Crippen molar-refractivity contribution in [2.75, 3.05) is 39.0 Å². The summed E-state index contributed by atoms with van der Waals surface area (Å²) in [6, 6.07) is 7.74. The van der Waals surface area contributed by atoms with Crippen LogP contribution in [0.15, 0.2) is 24.3 Å². The Balaban J connectivity index is 2.56. The molecule has 5 heteroatoms. The summed E-state index contributed by atoms with van der Waals surface area (Å²) in [4.78, 5) is 27.7. The summed E-state index contributed by atoms with van der Waals surface area (Å²) >= 11 is 0. The average Bonchev–Trinajstić information content (AvgIpc) is 2.53. The number of aryl methyl sites for hydroxylation is 1. The fourth-order valence-corrected chi connectivity index (χ4v) is 2.59. The molecule has 0 heterocycles. The van der Waals surface area contributed by atoms with Crippen LogP contribution in [0.5, 0.6) is 0 Å². The van der Waals surface area contributed by atoms with Crippen LogP contribution >= 0.6 is 0 Å². The van der Waals surface area contributed by atoms with Gasteiger partial charge in [-0.05, 0) is 50.0 Å². The van der Waals surface area contributed by atoms with Crippen LogP contribution in [0.2, 0.25) is 0 Å². The van der Waals surface area contributed by atoms with Crippen molar-refractivity contribution in [1.29, 1.82) is 0 Å². The third-order valence-corrected chi connectivity index (χ3v) is 3.78. The molecule has 134 valence electrons. The van der Waals surface area contributed by atoms with Gasteiger partial charge in [0.15, 0.2) is 0 Å². The van der Waals surface area contributed by atoms with Crippen LogP contribution in [0.4, 0.5) is 5.69 Å². The second kappa shape index (κ2) is 10.8. The number of rotatable bonds is 10. The summed E-state index contributed by atoms with van der Waals surface area (Å²) in [5, 5.41) is 2.96. The lowest BCUT2D eigenvalue weighted by atomic mass is 10.1. The molecule has 0 aliphatic rings. The van der Waals surface area contributed by atoms with Gasteiger partial charge in [0.2, 0.25) is 11.8 Å². The third kappa shape index (κ3) is 7.59. The zero-order valence-electron chi connectivity index (χ0n) is 15.5. The van der Waals surface area contributed by atoms with Crippen molar-refractivity contribution in [3.8, 4) is 0 Å². The topological polar surface area (TPSA) is 52.7 Å². The summed E-state index contributed by atoms with van der Waals surface area (Å²) < 4.78 is 0. The van der Waals surface area contributed by atoms with Crippen molar-refractivity contribution in [3.05, 3.63) is 29.8 Å². The van der Waals surface area contributed by atoms with E-state index in [9.17, 15) is 9.59 Å². The Labute approximate surface area is 146 Å². The molecule has 0 saturated heterocycles. The second-order valence-corrected chi connectivity index (χ2v) is 6.31. The van der Waals surface area contributed by atoms with Gasteiger partial charge in [0.25, 0.3) is 0 Å². The van der Waals surface area contributed by atoms with Crippen molar-refractivity contribution in [2.45, 2.75) is 39.5 Å². The molecule has 0 fully saturated rings. The van der Waals surface area contributed by atoms with Crippen molar-refractivity contribution < 1.29 is 9.59 Å². The Kier molecular flexibility index (Phi) is 9.08. The highest BCUT2D eigenvalue weighted by atomic mass is 16.2. The normalized spacial score (nSPS) is 10.7. The number of hydrogen-bond donors (Lipinski definition) is 1. The Morgan fingerprint density at radius 1 is 1.08 bits per heavy atom. The van der Waals surface area contributed by atoms with Crippen LogP contribution in [0.25, 0.3) is 0 Å². The molecule has 0 spiro atoms. The highest BCUT2D eigenvalue weighted by Crippen LogP contribution is 2.13. The lowest BCUT2D eigenvalue weighted by Crippen LogP contribution is -2.34. The number of benzene rings is 1. The van der Waals surface area contributed by atoms with E-state index < -0.39 is 0 Å². The van der Waals surface area contributed by atoms with Gasteiger partial charge in [-0.3, -0.25) is 14.5 Å². The van der Waals surface area contributed by atoms with Gasteiger partial charge in [0, 0.05) is 26.2 Å². The van der Waals surface area contributed by atoms with Crippen molar-refractivity contribution in [2.24, 2.45) is 0 Å². The lowest BCUT2D eigenvalue weighted by Gasteiger charge is -2.20. The molecule has 0 unspecified atom stereocenters. The van der Waals surface area contributed by atoms with Crippen LogP contribution in [0.3, 0.4) is 0 Å². The minimum Gasteiger partial charge on any atom is -0.349 e. The number of nitrogens with zero attached hydrogens (tertiary/aromatic N) is 2. The SMILES string of the molecule is CCCN(CCC)CC(=O)Nc1cccc(CCC(=O)N(C)C)c1. The Morgan fingerprint density at radius 2 is 1.75 bits per heavy atom. The average molecular weight is 333 g/mol. The zero-order chi connectivity index (χ0) is 17.9. The monoisotopic (exact) mass is 333 g/mol. The summed E-state index contributed by atoms with van der Waals surface area (Å²) in [6.07, 6.45) is 3.25. The zero-order valence-corrected chi connectivity index (χ0v) is 15.5. The Bertz CT molecular complexity index is 523. The van der Waals surface area contributed by atoms with Crippen molar-refractivity contribution in [3.63, 3.8) is 0 Å². The van der Waals surface area contributed by atoms with Gasteiger partial charge in [-0.1, -0.05) is 26.0 Å². The Hall–Kier alpha value is -1.88. The minimum atomic E-state index is 0.0124. The van der Waals surface area contributed by atoms with E-state index in [4.69, 9.17) is 0 Å². The smallest absolute Gasteiger partial charge is 0.238 e. The molecular weight excluding hydrogens is 302 g/mol. The number of carbonyl (C=O) groups is 2. The molecule has 2 amide bonds. The first-order chi connectivity index (χ1) is 11.5. The maximum absolute atomic E-state index is 12.2. The highest BCUT2D eigenvalue weighted by Gasteiger charge is 2.10. The molecule has 1 aromatic rings. The molecule has 1 N–H and O–H groups in total. The van der Waals surface area contributed by atoms with Crippen LogP contribution in [-0.2, 0) is 16.0 Å². The van der Waals surface area contributed by atoms with Gasteiger partial charge in [-0.15, -0.1) is 0 Å². The molecule has 0 atom stereocenters. The molecule has 0 aliphatic carbocycles. The number of carbonyl (C=O) groups excluding carboxylic acids is 2. The number of hydrogen-bond acceptors (Lipinski definition) is 3. The molecular formula is C19H31N3O2. The highest BCUT2D eigenvalue weighted by molar-refractivity contribution is 5.92. The number of nitrogens with one attached hydrogen (secondary N) is 1. The molecule has 1 aromatic carbocycles. The number of anilines is 1. The largest absolute Gasteiger partial charge is 0.349 e. The Morgan fingerprint density at radius 3 is 2.33 bits per heavy atom. The standard InChI is InChI=1S/C19H31N3O2/c1-5-12-22(13-6-2)15-18(23)20-17-9-7-8-16(14-17)10-11-19(24)21(3)4/h7-9,14H,5-6,10-13,15H2,1-4H3,(H,20,23). The van der Waals surface area contributed by atoms with Gasteiger partial charge >= 0.3 is 0 Å². The lowest BCUT2D eigenvalue weighted by molar-refractivity contribution is -0.128. The summed E-state index contributed by atoms with van der Waals surface area (Å²) in [7, 11) is 3.52. The van der Waals surface area contributed by atoms with Gasteiger partial charge in [0.05, 0.1) is 6.54 Å². The first-order valence-corrected chi connectivity index (χ1v) is 8.77. The molecule has 0 aliphatic heterocycles. The molecule has 0 saturated carbocycles. The first kappa shape index (κ1) is 20.2. The van der Waals surface area contributed by atoms with Gasteiger partial charge < -0.3 is 10.2 Å². The number of amides is 2. The second-order valence-electron chi connectivity index (χ2n) is 6.31. The summed E-state index contributed by atoms with van der Waals surface area (Å²) in [6.45, 7) is 6.55. The molecule has 5 nitrogen and oxygen atoms in total. The maximum atomic E-state index is 12.2. The van der Waals surface area contributed by atoms with E-state index in [0.717, 1.165) is 37.2 Å². The van der Waals surface area contributed by atoms with Crippen molar-refractivity contribution >= 4 is 17.5 Å². The van der Waals surface area contributed by atoms with Crippen LogP contribution in [0, 0.1) is 0 Å². The molecule has 0 aromatic heterocycles. The molecule has 1 rings (SSSR count). The van der Waals surface area contributed by atoms with Crippen LogP contribution < -0.4 is 5.32 Å². The van der Waals surface area contributed by atoms with Crippen molar-refractivity contribution in [1.82, 2.24) is 9.80 Å². The quantitative estimate of drug-likeness (QED) is 0.716. The van der Waals surface area contributed by atoms with Gasteiger partial charge in [-0.2, -0.15) is 0 Å². The van der Waals surface area contributed by atoms with E-state index >= 15 is 0 Å². The first-order valence-electron chi connectivity index (χ1n) is 8.77. The van der Waals surface area contributed by atoms with E-state index in [2.05, 4.69) is 24.1 Å². The predicted molar refractivity (Wildman–Crippen MR) is 99.1 cm³/mol. The maximum Gasteiger partial charge on any atom is 0.238 e.